The molecule has 0 saturated carbocycles. The summed E-state index contributed by atoms with van der Waals surface area (Å²) in [5.41, 5.74) is 2.57. The van der Waals surface area contributed by atoms with E-state index >= 15 is 0 Å². The number of nitrogens with one attached hydrogen (secondary N) is 2. The minimum absolute atomic E-state index is 0.143. The maximum Gasteiger partial charge on any atom is 0.344 e. The summed E-state index contributed by atoms with van der Waals surface area (Å²) in [5.74, 6) is -0.778. The normalized spacial score (nSPS) is 23.0. The van der Waals surface area contributed by atoms with Crippen LogP contribution in [0.2, 0.25) is 0 Å². The molecule has 1 aromatic rings. The van der Waals surface area contributed by atoms with Crippen LogP contribution >= 0.6 is 0 Å². The second-order valence-electron chi connectivity index (χ2n) is 9.20. The number of hydrogen-bond donors (Lipinski definition) is 2. The smallest absolute Gasteiger partial charge is 0.322 e. The first-order valence-electron chi connectivity index (χ1n) is 11.1. The molecule has 0 aliphatic carbocycles. The number of carbonyl (C=O) groups excluding carboxylic acids is 3. The number of benzene rings is 1. The molecule has 2 heterocycles. The molecule has 1 unspecified atom stereocenters. The van der Waals surface area contributed by atoms with Crippen LogP contribution in [0.15, 0.2) is 30.3 Å². The molecule has 0 radical (unpaired) electrons. The highest BCUT2D eigenvalue weighted by atomic mass is 16.2. The van der Waals surface area contributed by atoms with Crippen molar-refractivity contribution in [3.8, 4) is 0 Å². The van der Waals surface area contributed by atoms with Gasteiger partial charge in [-0.25, -0.2) is 4.79 Å². The summed E-state index contributed by atoms with van der Waals surface area (Å²) in [6.07, 6.45) is 3.12. The summed E-state index contributed by atoms with van der Waals surface area (Å²) in [5, 5.41) is 3.58. The number of hydrazine groups is 1. The van der Waals surface area contributed by atoms with Crippen LogP contribution < -0.4 is 10.7 Å². The Morgan fingerprint density at radius 1 is 1.23 bits per heavy atom. The van der Waals surface area contributed by atoms with Crippen molar-refractivity contribution in [1.82, 2.24) is 25.6 Å². The molecule has 2 saturated heterocycles. The predicted octanol–water partition coefficient (Wildman–Crippen LogP) is 1.77. The van der Waals surface area contributed by atoms with E-state index in [1.54, 1.807) is 6.92 Å². The highest BCUT2D eigenvalue weighted by Gasteiger charge is 2.48. The Bertz CT molecular complexity index is 792. The Balaban J connectivity index is 1.50. The van der Waals surface area contributed by atoms with Gasteiger partial charge < -0.3 is 10.2 Å². The quantitative estimate of drug-likeness (QED) is 0.615. The van der Waals surface area contributed by atoms with Gasteiger partial charge in [0.25, 0.3) is 11.8 Å². The van der Waals surface area contributed by atoms with Crippen LogP contribution in [-0.4, -0.2) is 77.0 Å². The van der Waals surface area contributed by atoms with Crippen molar-refractivity contribution in [2.45, 2.75) is 64.1 Å². The molecule has 0 spiro atoms. The van der Waals surface area contributed by atoms with Gasteiger partial charge in [-0.1, -0.05) is 30.3 Å². The van der Waals surface area contributed by atoms with E-state index in [0.717, 1.165) is 36.5 Å². The van der Waals surface area contributed by atoms with Gasteiger partial charge in [-0.05, 0) is 72.2 Å². The van der Waals surface area contributed by atoms with Crippen molar-refractivity contribution in [3.05, 3.63) is 35.9 Å². The molecule has 3 rings (SSSR count). The lowest BCUT2D eigenvalue weighted by Gasteiger charge is -2.38. The Labute approximate surface area is 184 Å². The van der Waals surface area contributed by atoms with Crippen LogP contribution in [0.4, 0.5) is 4.79 Å². The summed E-state index contributed by atoms with van der Waals surface area (Å²) in [4.78, 5) is 42.3. The fraction of sp³-hybridized carbons (Fsp3) is 0.609. The molecule has 1 aromatic carbocycles. The van der Waals surface area contributed by atoms with Crippen molar-refractivity contribution in [2.24, 2.45) is 0 Å². The highest BCUT2D eigenvalue weighted by molar-refractivity contribution is 6.07. The molecule has 8 heteroatoms. The maximum atomic E-state index is 12.9. The summed E-state index contributed by atoms with van der Waals surface area (Å²) >= 11 is 0. The molecule has 2 N–H and O–H groups in total. The highest BCUT2D eigenvalue weighted by Crippen LogP contribution is 2.22. The van der Waals surface area contributed by atoms with Gasteiger partial charge in [0.1, 0.15) is 5.54 Å². The number of rotatable bonds is 8. The third-order valence-corrected chi connectivity index (χ3v) is 6.50. The molecule has 2 aliphatic heterocycles. The number of likely N-dealkylation sites (tertiary alicyclic amines) is 1. The standard InChI is InChI=1S/C23H35N5O3/c1-17(2)27-14-11-19(12-15-27)26(4)16-20(29)25-28-21(30)23(3,24-22(28)31)13-10-18-8-6-5-7-9-18/h5-9,17,19H,10-16H2,1-4H3,(H,24,31)(H,25,29). The zero-order valence-corrected chi connectivity index (χ0v) is 19.1. The number of urea groups is 1. The number of nitrogens with zero attached hydrogens (tertiary/aromatic N) is 3. The van der Waals surface area contributed by atoms with Gasteiger partial charge in [0.2, 0.25) is 0 Å². The molecular formula is C23H35N5O3. The molecule has 31 heavy (non-hydrogen) atoms. The second-order valence-corrected chi connectivity index (χ2v) is 9.20. The van der Waals surface area contributed by atoms with Crippen LogP contribution in [0.1, 0.15) is 45.6 Å². The first-order chi connectivity index (χ1) is 14.7. The molecule has 0 aromatic heterocycles. The number of hydrogen-bond acceptors (Lipinski definition) is 5. The van der Waals surface area contributed by atoms with Crippen molar-refractivity contribution in [2.75, 3.05) is 26.7 Å². The minimum Gasteiger partial charge on any atom is -0.322 e. The molecule has 8 nitrogen and oxygen atoms in total. The van der Waals surface area contributed by atoms with Crippen molar-refractivity contribution < 1.29 is 14.4 Å². The fourth-order valence-corrected chi connectivity index (χ4v) is 4.35. The lowest BCUT2D eigenvalue weighted by atomic mass is 9.93. The third-order valence-electron chi connectivity index (χ3n) is 6.50. The molecular weight excluding hydrogens is 394 g/mol. The maximum absolute atomic E-state index is 12.9. The van der Waals surface area contributed by atoms with Crippen LogP contribution in [0.5, 0.6) is 0 Å². The number of likely N-dealkylation sites (N-methyl/N-ethyl adjacent to an activating group) is 1. The topological polar surface area (TPSA) is 85.0 Å². The van der Waals surface area contributed by atoms with E-state index in [9.17, 15) is 14.4 Å². The van der Waals surface area contributed by atoms with E-state index in [0.29, 0.717) is 24.9 Å². The van der Waals surface area contributed by atoms with Gasteiger partial charge >= 0.3 is 6.03 Å². The number of imide groups is 1. The number of amides is 4. The van der Waals surface area contributed by atoms with Crippen LogP contribution in [0.25, 0.3) is 0 Å². The van der Waals surface area contributed by atoms with Crippen molar-refractivity contribution in [1.29, 1.82) is 0 Å². The first kappa shape index (κ1) is 23.2. The molecule has 2 fully saturated rings. The Morgan fingerprint density at radius 3 is 2.48 bits per heavy atom. The number of aryl methyl sites for hydroxylation is 1. The zero-order chi connectivity index (χ0) is 22.6. The Morgan fingerprint density at radius 2 is 1.87 bits per heavy atom. The largest absolute Gasteiger partial charge is 0.344 e. The molecule has 4 amide bonds. The molecule has 2 aliphatic rings. The lowest BCUT2D eigenvalue weighted by molar-refractivity contribution is -0.139. The van der Waals surface area contributed by atoms with Gasteiger partial charge in [-0.15, -0.1) is 0 Å². The SMILES string of the molecule is CC(C)N1CCC(N(C)CC(=O)NN2C(=O)NC(C)(CCc3ccccc3)C2=O)CC1. The molecule has 1 atom stereocenters. The van der Waals surface area contributed by atoms with Crippen LogP contribution in [-0.2, 0) is 16.0 Å². The summed E-state index contributed by atoms with van der Waals surface area (Å²) in [6, 6.07) is 10.1. The molecule has 0 bridgehead atoms. The monoisotopic (exact) mass is 429 g/mol. The van der Waals surface area contributed by atoms with Gasteiger partial charge in [-0.3, -0.25) is 19.9 Å². The summed E-state index contributed by atoms with van der Waals surface area (Å²) in [6.45, 7) is 8.27. The van der Waals surface area contributed by atoms with Crippen molar-refractivity contribution in [3.63, 3.8) is 0 Å². The lowest BCUT2D eigenvalue weighted by Crippen LogP contribution is -2.53. The third kappa shape index (κ3) is 5.62. The van der Waals surface area contributed by atoms with Crippen LogP contribution in [0.3, 0.4) is 0 Å². The van der Waals surface area contributed by atoms with E-state index in [2.05, 4.69) is 29.5 Å². The van der Waals surface area contributed by atoms with Crippen molar-refractivity contribution >= 4 is 17.8 Å². The fourth-order valence-electron chi connectivity index (χ4n) is 4.35. The Hall–Kier alpha value is -2.45. The van der Waals surface area contributed by atoms with E-state index in [1.165, 1.54) is 0 Å². The Kier molecular flexibility index (Phi) is 7.33. The van der Waals surface area contributed by atoms with Gasteiger partial charge in [-0.2, -0.15) is 5.01 Å². The van der Waals surface area contributed by atoms with Gasteiger partial charge in [0.15, 0.2) is 0 Å². The summed E-state index contributed by atoms with van der Waals surface area (Å²) in [7, 11) is 1.92. The average Bonchev–Trinajstić information content (AvgIpc) is 2.96. The van der Waals surface area contributed by atoms with E-state index in [4.69, 9.17) is 0 Å². The van der Waals surface area contributed by atoms with E-state index in [-0.39, 0.29) is 12.5 Å². The first-order valence-corrected chi connectivity index (χ1v) is 11.1. The van der Waals surface area contributed by atoms with Crippen LogP contribution in [0, 0.1) is 0 Å². The number of piperidine rings is 1. The minimum atomic E-state index is -1.03. The zero-order valence-electron chi connectivity index (χ0n) is 19.1. The summed E-state index contributed by atoms with van der Waals surface area (Å²) < 4.78 is 0. The van der Waals surface area contributed by atoms with E-state index < -0.39 is 17.5 Å². The average molecular weight is 430 g/mol. The van der Waals surface area contributed by atoms with Gasteiger partial charge in [0.05, 0.1) is 6.54 Å². The molecule has 170 valence electrons. The van der Waals surface area contributed by atoms with Gasteiger partial charge in [0, 0.05) is 12.1 Å². The van der Waals surface area contributed by atoms with E-state index in [1.807, 2.05) is 42.3 Å². The predicted molar refractivity (Wildman–Crippen MR) is 119 cm³/mol. The number of carbonyl (C=O) groups is 3. The second kappa shape index (κ2) is 9.78.